The molecule has 0 radical (unpaired) electrons. The van der Waals surface area contributed by atoms with Crippen LogP contribution in [-0.2, 0) is 4.79 Å². The highest BCUT2D eigenvalue weighted by atomic mass is 32.2. The molecule has 3 nitrogen and oxygen atoms in total. The second kappa shape index (κ2) is 5.54. The highest BCUT2D eigenvalue weighted by molar-refractivity contribution is 7.98. The molecule has 1 N–H and O–H groups in total. The minimum atomic E-state index is -0.0669. The number of carbonyl (C=O) groups excluding carboxylic acids is 1. The normalized spacial score (nSPS) is 9.57. The Morgan fingerprint density at radius 3 is 2.57 bits per heavy atom. The number of carbonyl (C=O) groups is 1. The molecule has 1 amide bonds. The van der Waals surface area contributed by atoms with E-state index in [1.807, 2.05) is 30.5 Å². The molecule has 0 aliphatic carbocycles. The van der Waals surface area contributed by atoms with Crippen LogP contribution in [0.25, 0.3) is 0 Å². The molecule has 14 heavy (non-hydrogen) atoms. The quantitative estimate of drug-likeness (QED) is 0.777. The van der Waals surface area contributed by atoms with Crippen molar-refractivity contribution >= 4 is 23.4 Å². The number of thioether (sulfide) groups is 1. The Labute approximate surface area is 87.8 Å². The van der Waals surface area contributed by atoms with E-state index in [1.165, 1.54) is 6.92 Å². The standard InChI is InChI=1S/C10H13NO2S/c1-8(12)11-9-3-5-10(6-4-9)13-7-14-2/h3-6H,7H2,1-2H3,(H,11,12). The van der Waals surface area contributed by atoms with E-state index in [0.717, 1.165) is 11.4 Å². The summed E-state index contributed by atoms with van der Waals surface area (Å²) in [5.41, 5.74) is 0.786. The van der Waals surface area contributed by atoms with Crippen LogP contribution >= 0.6 is 11.8 Å². The lowest BCUT2D eigenvalue weighted by atomic mass is 10.3. The highest BCUT2D eigenvalue weighted by Crippen LogP contribution is 2.16. The fourth-order valence-electron chi connectivity index (χ4n) is 0.965. The third-order valence-corrected chi connectivity index (χ3v) is 1.87. The first-order chi connectivity index (χ1) is 6.72. The first kappa shape index (κ1) is 10.9. The van der Waals surface area contributed by atoms with E-state index in [2.05, 4.69) is 5.32 Å². The van der Waals surface area contributed by atoms with E-state index in [1.54, 1.807) is 11.8 Å². The number of nitrogens with one attached hydrogen (secondary N) is 1. The molecule has 0 saturated carbocycles. The van der Waals surface area contributed by atoms with Gasteiger partial charge in [0, 0.05) is 12.6 Å². The number of amides is 1. The summed E-state index contributed by atoms with van der Waals surface area (Å²) in [5.74, 6) is 1.38. The predicted molar refractivity (Wildman–Crippen MR) is 59.8 cm³/mol. The van der Waals surface area contributed by atoms with Crippen LogP contribution in [0.2, 0.25) is 0 Å². The molecule has 0 spiro atoms. The van der Waals surface area contributed by atoms with Gasteiger partial charge in [-0.15, -0.1) is 11.8 Å². The van der Waals surface area contributed by atoms with Gasteiger partial charge >= 0.3 is 0 Å². The number of rotatable bonds is 4. The van der Waals surface area contributed by atoms with E-state index in [4.69, 9.17) is 4.74 Å². The van der Waals surface area contributed by atoms with Gasteiger partial charge in [-0.05, 0) is 30.5 Å². The SMILES string of the molecule is CSCOc1ccc(NC(C)=O)cc1. The largest absolute Gasteiger partial charge is 0.483 e. The number of hydrogen-bond donors (Lipinski definition) is 1. The second-order valence-electron chi connectivity index (χ2n) is 2.76. The second-order valence-corrected chi connectivity index (χ2v) is 3.57. The van der Waals surface area contributed by atoms with Crippen molar-refractivity contribution in [3.8, 4) is 5.75 Å². The Kier molecular flexibility index (Phi) is 4.32. The van der Waals surface area contributed by atoms with Gasteiger partial charge < -0.3 is 10.1 Å². The summed E-state index contributed by atoms with van der Waals surface area (Å²) in [6.45, 7) is 1.48. The lowest BCUT2D eigenvalue weighted by molar-refractivity contribution is -0.114. The van der Waals surface area contributed by atoms with E-state index in [9.17, 15) is 4.79 Å². The zero-order valence-corrected chi connectivity index (χ0v) is 9.06. The topological polar surface area (TPSA) is 38.3 Å². The Morgan fingerprint density at radius 1 is 1.43 bits per heavy atom. The van der Waals surface area contributed by atoms with Crippen molar-refractivity contribution in [3.05, 3.63) is 24.3 Å². The maximum atomic E-state index is 10.7. The Bertz CT molecular complexity index is 297. The summed E-state index contributed by atoms with van der Waals surface area (Å²) >= 11 is 1.62. The number of benzene rings is 1. The summed E-state index contributed by atoms with van der Waals surface area (Å²) in [4.78, 5) is 10.7. The van der Waals surface area contributed by atoms with Crippen LogP contribution in [0.3, 0.4) is 0 Å². The molecule has 0 aliphatic rings. The molecule has 0 saturated heterocycles. The van der Waals surface area contributed by atoms with E-state index < -0.39 is 0 Å². The van der Waals surface area contributed by atoms with Crippen molar-refractivity contribution in [1.29, 1.82) is 0 Å². The molecule has 4 heteroatoms. The molecule has 0 aromatic heterocycles. The number of hydrogen-bond acceptors (Lipinski definition) is 3. The van der Waals surface area contributed by atoms with Crippen LogP contribution < -0.4 is 10.1 Å². The molecular weight excluding hydrogens is 198 g/mol. The van der Waals surface area contributed by atoms with Crippen molar-refractivity contribution in [2.75, 3.05) is 17.5 Å². The van der Waals surface area contributed by atoms with Gasteiger partial charge in [0.1, 0.15) is 11.7 Å². The number of ether oxygens (including phenoxy) is 1. The molecule has 0 heterocycles. The average molecular weight is 211 g/mol. The Hall–Kier alpha value is -1.16. The maximum Gasteiger partial charge on any atom is 0.221 e. The first-order valence-electron chi connectivity index (χ1n) is 4.22. The molecule has 0 aliphatic heterocycles. The van der Waals surface area contributed by atoms with Crippen LogP contribution in [0.5, 0.6) is 5.75 Å². The van der Waals surface area contributed by atoms with E-state index in [-0.39, 0.29) is 5.91 Å². The monoisotopic (exact) mass is 211 g/mol. The van der Waals surface area contributed by atoms with Crippen LogP contribution in [0.15, 0.2) is 24.3 Å². The summed E-state index contributed by atoms with van der Waals surface area (Å²) in [6.07, 6.45) is 1.98. The third-order valence-electron chi connectivity index (χ3n) is 1.52. The van der Waals surface area contributed by atoms with E-state index in [0.29, 0.717) is 5.94 Å². The van der Waals surface area contributed by atoms with Crippen molar-refractivity contribution in [3.63, 3.8) is 0 Å². The fraction of sp³-hybridized carbons (Fsp3) is 0.300. The minimum Gasteiger partial charge on any atom is -0.483 e. The van der Waals surface area contributed by atoms with Gasteiger partial charge in [-0.3, -0.25) is 4.79 Å². The minimum absolute atomic E-state index is 0.0669. The van der Waals surface area contributed by atoms with Crippen molar-refractivity contribution in [2.45, 2.75) is 6.92 Å². The molecule has 0 atom stereocenters. The van der Waals surface area contributed by atoms with Crippen molar-refractivity contribution in [1.82, 2.24) is 0 Å². The van der Waals surface area contributed by atoms with Crippen LogP contribution in [0, 0.1) is 0 Å². The van der Waals surface area contributed by atoms with Crippen LogP contribution in [0.4, 0.5) is 5.69 Å². The smallest absolute Gasteiger partial charge is 0.221 e. The summed E-state index contributed by atoms with van der Waals surface area (Å²) in [7, 11) is 0. The fourth-order valence-corrected chi connectivity index (χ4v) is 1.22. The summed E-state index contributed by atoms with van der Waals surface area (Å²) < 4.78 is 5.37. The first-order valence-corrected chi connectivity index (χ1v) is 5.61. The third kappa shape index (κ3) is 3.70. The van der Waals surface area contributed by atoms with Gasteiger partial charge in [-0.25, -0.2) is 0 Å². The average Bonchev–Trinajstić information content (AvgIpc) is 2.16. The van der Waals surface area contributed by atoms with Crippen LogP contribution in [-0.4, -0.2) is 18.1 Å². The van der Waals surface area contributed by atoms with Crippen LogP contribution in [0.1, 0.15) is 6.92 Å². The summed E-state index contributed by atoms with van der Waals surface area (Å²) in [6, 6.07) is 7.30. The molecule has 0 bridgehead atoms. The van der Waals surface area contributed by atoms with Gasteiger partial charge in [0.05, 0.1) is 0 Å². The Balaban J connectivity index is 2.54. The van der Waals surface area contributed by atoms with Crippen molar-refractivity contribution < 1.29 is 9.53 Å². The maximum absolute atomic E-state index is 10.7. The zero-order valence-electron chi connectivity index (χ0n) is 8.24. The van der Waals surface area contributed by atoms with Gasteiger partial charge in [0.25, 0.3) is 0 Å². The van der Waals surface area contributed by atoms with Gasteiger partial charge in [-0.1, -0.05) is 0 Å². The zero-order chi connectivity index (χ0) is 10.4. The lowest BCUT2D eigenvalue weighted by Gasteiger charge is -2.05. The summed E-state index contributed by atoms with van der Waals surface area (Å²) in [5, 5.41) is 2.69. The molecule has 0 fully saturated rings. The lowest BCUT2D eigenvalue weighted by Crippen LogP contribution is -2.05. The van der Waals surface area contributed by atoms with Gasteiger partial charge in [-0.2, -0.15) is 0 Å². The molecule has 1 aromatic rings. The predicted octanol–water partition coefficient (Wildman–Crippen LogP) is 2.34. The number of anilines is 1. The molecular formula is C10H13NO2S. The highest BCUT2D eigenvalue weighted by Gasteiger charge is 1.96. The van der Waals surface area contributed by atoms with E-state index >= 15 is 0 Å². The Morgan fingerprint density at radius 2 is 2.07 bits per heavy atom. The molecule has 1 aromatic carbocycles. The molecule has 76 valence electrons. The van der Waals surface area contributed by atoms with Gasteiger partial charge in [0.15, 0.2) is 0 Å². The van der Waals surface area contributed by atoms with Gasteiger partial charge in [0.2, 0.25) is 5.91 Å². The molecule has 0 unspecified atom stereocenters. The van der Waals surface area contributed by atoms with Crippen molar-refractivity contribution in [2.24, 2.45) is 0 Å². The molecule has 1 rings (SSSR count).